The van der Waals surface area contributed by atoms with Gasteiger partial charge >= 0.3 is 6.03 Å². The number of urea groups is 1. The third-order valence-electron chi connectivity index (χ3n) is 2.27. The minimum absolute atomic E-state index is 0.385. The van der Waals surface area contributed by atoms with Crippen LogP contribution < -0.4 is 15.2 Å². The zero-order chi connectivity index (χ0) is 12.1. The predicted molar refractivity (Wildman–Crippen MR) is 60.6 cm³/mol. The summed E-state index contributed by atoms with van der Waals surface area (Å²) >= 11 is 0. The van der Waals surface area contributed by atoms with Gasteiger partial charge in [0, 0.05) is 12.6 Å². The van der Waals surface area contributed by atoms with Crippen molar-refractivity contribution < 1.29 is 14.3 Å². The van der Waals surface area contributed by atoms with Gasteiger partial charge in [0.1, 0.15) is 11.5 Å². The lowest BCUT2D eigenvalue weighted by atomic mass is 10.2. The van der Waals surface area contributed by atoms with E-state index in [4.69, 9.17) is 15.2 Å². The second-order valence-corrected chi connectivity index (χ2v) is 3.37. The zero-order valence-corrected chi connectivity index (χ0v) is 9.69. The molecule has 0 aliphatic rings. The van der Waals surface area contributed by atoms with Crippen LogP contribution in [-0.4, -0.2) is 32.2 Å². The number of carbonyl (C=O) groups is 1. The van der Waals surface area contributed by atoms with Crippen molar-refractivity contribution in [2.24, 2.45) is 5.73 Å². The largest absolute Gasteiger partial charge is 0.497 e. The minimum Gasteiger partial charge on any atom is -0.497 e. The number of methoxy groups -OCH3 is 2. The molecular weight excluding hydrogens is 208 g/mol. The highest BCUT2D eigenvalue weighted by Crippen LogP contribution is 2.24. The van der Waals surface area contributed by atoms with Crippen molar-refractivity contribution in [2.75, 3.05) is 21.3 Å². The van der Waals surface area contributed by atoms with Crippen LogP contribution in [0, 0.1) is 0 Å². The van der Waals surface area contributed by atoms with Gasteiger partial charge in [0.2, 0.25) is 0 Å². The number of nitrogens with two attached hydrogens (primary N) is 1. The molecule has 0 unspecified atom stereocenters. The molecule has 1 aromatic carbocycles. The number of nitrogens with zero attached hydrogens (tertiary/aromatic N) is 1. The van der Waals surface area contributed by atoms with E-state index in [1.54, 1.807) is 33.4 Å². The summed E-state index contributed by atoms with van der Waals surface area (Å²) in [5.74, 6) is 1.42. The van der Waals surface area contributed by atoms with Gasteiger partial charge < -0.3 is 20.1 Å². The molecule has 0 atom stereocenters. The fourth-order valence-electron chi connectivity index (χ4n) is 1.34. The Hall–Kier alpha value is -1.91. The van der Waals surface area contributed by atoms with Crippen molar-refractivity contribution in [2.45, 2.75) is 6.54 Å². The number of primary amides is 1. The predicted octanol–water partition coefficient (Wildman–Crippen LogP) is 1.21. The summed E-state index contributed by atoms with van der Waals surface area (Å²) in [6.07, 6.45) is 0. The van der Waals surface area contributed by atoms with Crippen LogP contribution in [0.4, 0.5) is 4.79 Å². The van der Waals surface area contributed by atoms with Crippen LogP contribution in [0.3, 0.4) is 0 Å². The Balaban J connectivity index is 2.95. The first-order valence-electron chi connectivity index (χ1n) is 4.80. The van der Waals surface area contributed by atoms with Crippen molar-refractivity contribution in [3.63, 3.8) is 0 Å². The summed E-state index contributed by atoms with van der Waals surface area (Å²) in [5.41, 5.74) is 6.01. The number of benzene rings is 1. The van der Waals surface area contributed by atoms with Crippen molar-refractivity contribution in [3.8, 4) is 11.5 Å². The van der Waals surface area contributed by atoms with E-state index < -0.39 is 6.03 Å². The van der Waals surface area contributed by atoms with E-state index in [2.05, 4.69) is 0 Å². The molecule has 5 heteroatoms. The molecular formula is C11H16N2O3. The third-order valence-corrected chi connectivity index (χ3v) is 2.27. The topological polar surface area (TPSA) is 64.8 Å². The van der Waals surface area contributed by atoms with Gasteiger partial charge in [0.15, 0.2) is 0 Å². The monoisotopic (exact) mass is 224 g/mol. The molecule has 16 heavy (non-hydrogen) atoms. The smallest absolute Gasteiger partial charge is 0.314 e. The molecule has 0 bridgehead atoms. The Morgan fingerprint density at radius 3 is 2.56 bits per heavy atom. The summed E-state index contributed by atoms with van der Waals surface area (Å²) in [7, 11) is 4.79. The molecule has 0 saturated carbocycles. The van der Waals surface area contributed by atoms with Gasteiger partial charge in [-0.3, -0.25) is 0 Å². The standard InChI is InChI=1S/C11H16N2O3/c1-13(11(12)14)7-8-6-9(15-2)4-5-10(8)16-3/h4-6H,7H2,1-3H3,(H2,12,14). The summed E-state index contributed by atoms with van der Waals surface area (Å²) < 4.78 is 10.3. The van der Waals surface area contributed by atoms with Crippen LogP contribution in [0.2, 0.25) is 0 Å². The number of hydrogen-bond donors (Lipinski definition) is 1. The van der Waals surface area contributed by atoms with Gasteiger partial charge in [-0.1, -0.05) is 0 Å². The fourth-order valence-corrected chi connectivity index (χ4v) is 1.34. The van der Waals surface area contributed by atoms with E-state index in [-0.39, 0.29) is 0 Å². The molecule has 0 aromatic heterocycles. The molecule has 0 spiro atoms. The SMILES string of the molecule is COc1ccc(OC)c(CN(C)C(N)=O)c1. The molecule has 2 N–H and O–H groups in total. The molecule has 1 rings (SSSR count). The highest BCUT2D eigenvalue weighted by atomic mass is 16.5. The van der Waals surface area contributed by atoms with Crippen LogP contribution in [-0.2, 0) is 6.54 Å². The molecule has 88 valence electrons. The number of ether oxygens (including phenoxy) is 2. The maximum atomic E-state index is 10.9. The first kappa shape index (κ1) is 12.2. The van der Waals surface area contributed by atoms with Crippen molar-refractivity contribution in [3.05, 3.63) is 23.8 Å². The highest BCUT2D eigenvalue weighted by Gasteiger charge is 2.10. The summed E-state index contributed by atoms with van der Waals surface area (Å²) in [6, 6.07) is 4.93. The second kappa shape index (κ2) is 5.25. The normalized spacial score (nSPS) is 9.69. The van der Waals surface area contributed by atoms with Crippen LogP contribution >= 0.6 is 0 Å². The highest BCUT2D eigenvalue weighted by molar-refractivity contribution is 5.71. The third kappa shape index (κ3) is 2.79. The van der Waals surface area contributed by atoms with E-state index in [0.29, 0.717) is 18.0 Å². The summed E-state index contributed by atoms with van der Waals surface area (Å²) in [5, 5.41) is 0. The molecule has 5 nitrogen and oxygen atoms in total. The maximum absolute atomic E-state index is 10.9. The van der Waals surface area contributed by atoms with E-state index in [9.17, 15) is 4.79 Å². The van der Waals surface area contributed by atoms with Crippen molar-refractivity contribution in [1.29, 1.82) is 0 Å². The Labute approximate surface area is 94.7 Å². The van der Waals surface area contributed by atoms with Gasteiger partial charge in [-0.2, -0.15) is 0 Å². The number of amides is 2. The Morgan fingerprint density at radius 1 is 1.38 bits per heavy atom. The van der Waals surface area contributed by atoms with Gasteiger partial charge in [0.25, 0.3) is 0 Å². The van der Waals surface area contributed by atoms with Gasteiger partial charge in [-0.15, -0.1) is 0 Å². The average molecular weight is 224 g/mol. The van der Waals surface area contributed by atoms with Crippen LogP contribution in [0.25, 0.3) is 0 Å². The van der Waals surface area contributed by atoms with Crippen LogP contribution in [0.15, 0.2) is 18.2 Å². The molecule has 0 aliphatic heterocycles. The molecule has 2 amide bonds. The van der Waals surface area contributed by atoms with Crippen LogP contribution in [0.1, 0.15) is 5.56 Å². The molecule has 0 saturated heterocycles. The molecule has 0 aliphatic carbocycles. The zero-order valence-electron chi connectivity index (χ0n) is 9.69. The lowest BCUT2D eigenvalue weighted by molar-refractivity contribution is 0.216. The van der Waals surface area contributed by atoms with E-state index >= 15 is 0 Å². The second-order valence-electron chi connectivity index (χ2n) is 3.37. The molecule has 0 radical (unpaired) electrons. The molecule has 0 fully saturated rings. The quantitative estimate of drug-likeness (QED) is 0.836. The Kier molecular flexibility index (Phi) is 3.99. The van der Waals surface area contributed by atoms with Gasteiger partial charge in [-0.25, -0.2) is 4.79 Å². The van der Waals surface area contributed by atoms with E-state index in [1.165, 1.54) is 4.90 Å². The first-order chi connectivity index (χ1) is 7.58. The lowest BCUT2D eigenvalue weighted by Gasteiger charge is -2.17. The van der Waals surface area contributed by atoms with Gasteiger partial charge in [0.05, 0.1) is 20.8 Å². The summed E-state index contributed by atoms with van der Waals surface area (Å²) in [4.78, 5) is 12.3. The van der Waals surface area contributed by atoms with E-state index in [1.807, 2.05) is 6.07 Å². The number of rotatable bonds is 4. The molecule has 0 heterocycles. The minimum atomic E-state index is -0.482. The maximum Gasteiger partial charge on any atom is 0.314 e. The summed E-state index contributed by atoms with van der Waals surface area (Å²) in [6.45, 7) is 0.385. The first-order valence-corrected chi connectivity index (χ1v) is 4.80. The lowest BCUT2D eigenvalue weighted by Crippen LogP contribution is -2.31. The Bertz CT molecular complexity index is 379. The fraction of sp³-hybridized carbons (Fsp3) is 0.364. The van der Waals surface area contributed by atoms with Gasteiger partial charge in [-0.05, 0) is 18.2 Å². The average Bonchev–Trinajstić information content (AvgIpc) is 2.28. The van der Waals surface area contributed by atoms with Crippen LogP contribution in [0.5, 0.6) is 11.5 Å². The molecule has 1 aromatic rings. The van der Waals surface area contributed by atoms with Crippen molar-refractivity contribution >= 4 is 6.03 Å². The number of hydrogen-bond acceptors (Lipinski definition) is 3. The number of carbonyl (C=O) groups excluding carboxylic acids is 1. The Morgan fingerprint density at radius 2 is 2.06 bits per heavy atom. The van der Waals surface area contributed by atoms with E-state index in [0.717, 1.165) is 5.56 Å². The van der Waals surface area contributed by atoms with Crippen molar-refractivity contribution in [1.82, 2.24) is 4.90 Å².